The zero-order valence-corrected chi connectivity index (χ0v) is 33.7. The van der Waals surface area contributed by atoms with Gasteiger partial charge in [0.2, 0.25) is 0 Å². The van der Waals surface area contributed by atoms with Crippen molar-refractivity contribution < 1.29 is 8.83 Å². The predicted octanol–water partition coefficient (Wildman–Crippen LogP) is 15.1. The minimum Gasteiger partial charge on any atom is -0.456 e. The van der Waals surface area contributed by atoms with E-state index in [1.54, 1.807) is 0 Å². The van der Waals surface area contributed by atoms with Crippen LogP contribution in [0.4, 0.5) is 0 Å². The minimum atomic E-state index is 0.551. The molecule has 0 unspecified atom stereocenters. The molecule has 0 amide bonds. The molecule has 63 heavy (non-hydrogen) atoms. The van der Waals surface area contributed by atoms with Crippen molar-refractivity contribution in [2.75, 3.05) is 0 Å². The van der Waals surface area contributed by atoms with E-state index >= 15 is 0 Å². The third-order valence-electron chi connectivity index (χ3n) is 12.3. The lowest BCUT2D eigenvalue weighted by atomic mass is 9.96. The molecule has 4 aromatic heterocycles. The van der Waals surface area contributed by atoms with Crippen molar-refractivity contribution in [3.8, 4) is 62.1 Å². The molecule has 13 aromatic rings. The van der Waals surface area contributed by atoms with E-state index in [4.69, 9.17) is 23.8 Å². The second-order valence-electron chi connectivity index (χ2n) is 15.9. The Balaban J connectivity index is 0.927. The molecule has 0 spiro atoms. The number of benzene rings is 9. The van der Waals surface area contributed by atoms with Crippen LogP contribution in [0.5, 0.6) is 0 Å². The van der Waals surface area contributed by atoms with Gasteiger partial charge in [0.1, 0.15) is 16.7 Å². The molecule has 4 heterocycles. The number of para-hydroxylation sites is 3. The summed E-state index contributed by atoms with van der Waals surface area (Å²) in [6.07, 6.45) is 0. The normalized spacial score (nSPS) is 11.8. The Morgan fingerprint density at radius 2 is 0.825 bits per heavy atom. The Morgan fingerprint density at radius 3 is 1.51 bits per heavy atom. The lowest BCUT2D eigenvalue weighted by Crippen LogP contribution is -2.00. The summed E-state index contributed by atoms with van der Waals surface area (Å²) in [6, 6.07) is 71.5. The molecule has 0 saturated heterocycles. The maximum atomic E-state index is 6.84. The lowest BCUT2D eigenvalue weighted by Gasteiger charge is -2.09. The van der Waals surface area contributed by atoms with Gasteiger partial charge >= 0.3 is 0 Å². The van der Waals surface area contributed by atoms with Crippen LogP contribution in [0.1, 0.15) is 0 Å². The summed E-state index contributed by atoms with van der Waals surface area (Å²) in [7, 11) is 0. The van der Waals surface area contributed by atoms with E-state index in [-0.39, 0.29) is 0 Å². The van der Waals surface area contributed by atoms with E-state index in [1.165, 1.54) is 21.9 Å². The molecule has 0 aliphatic heterocycles. The summed E-state index contributed by atoms with van der Waals surface area (Å²) in [5.41, 5.74) is 13.6. The summed E-state index contributed by atoms with van der Waals surface area (Å²) in [5.74, 6) is 1.69. The summed E-state index contributed by atoms with van der Waals surface area (Å²) in [5, 5.41) is 6.59. The van der Waals surface area contributed by atoms with E-state index in [9.17, 15) is 0 Å². The van der Waals surface area contributed by atoms with Gasteiger partial charge in [0.25, 0.3) is 0 Å². The molecule has 0 aliphatic rings. The van der Waals surface area contributed by atoms with Crippen molar-refractivity contribution >= 4 is 65.7 Å². The topological polar surface area (TPSA) is 69.9 Å². The fourth-order valence-corrected chi connectivity index (χ4v) is 9.31. The largest absolute Gasteiger partial charge is 0.456 e. The predicted molar refractivity (Wildman–Crippen MR) is 256 cm³/mol. The molecular formula is C57H34N4O2. The van der Waals surface area contributed by atoms with Gasteiger partial charge in [-0.2, -0.15) is 0 Å². The molecule has 13 rings (SSSR count). The van der Waals surface area contributed by atoms with E-state index in [2.05, 4.69) is 162 Å². The maximum absolute atomic E-state index is 6.84. The highest BCUT2D eigenvalue weighted by molar-refractivity contribution is 6.14. The first kappa shape index (κ1) is 35.2. The SMILES string of the molecule is c1ccc(-c2ccc(-c3cccc4oc5cc(-c6nc(-c7ccccc7)nc(-c7ccc8c(c7)oc7c(-n9c%10ccccc%10c%10ccccc%109)cccc78)n6)ccc5c34)cc2)cc1. The van der Waals surface area contributed by atoms with Gasteiger partial charge in [-0.25, -0.2) is 15.0 Å². The zero-order valence-electron chi connectivity index (χ0n) is 33.7. The highest BCUT2D eigenvalue weighted by Gasteiger charge is 2.20. The first-order valence-corrected chi connectivity index (χ1v) is 21.1. The van der Waals surface area contributed by atoms with Crippen molar-refractivity contribution in [3.05, 3.63) is 206 Å². The molecule has 0 radical (unpaired) electrons. The Kier molecular flexibility index (Phi) is 7.80. The van der Waals surface area contributed by atoms with E-state index < -0.39 is 0 Å². The molecule has 0 atom stereocenters. The average Bonchev–Trinajstić information content (AvgIpc) is 4.04. The van der Waals surface area contributed by atoms with Crippen molar-refractivity contribution in [2.24, 2.45) is 0 Å². The van der Waals surface area contributed by atoms with E-state index in [0.29, 0.717) is 17.5 Å². The number of fused-ring (bicyclic) bond motifs is 9. The van der Waals surface area contributed by atoms with Crippen LogP contribution in [0.3, 0.4) is 0 Å². The summed E-state index contributed by atoms with van der Waals surface area (Å²) < 4.78 is 15.7. The molecule has 0 fully saturated rings. The molecule has 0 bridgehead atoms. The Morgan fingerprint density at radius 1 is 0.317 bits per heavy atom. The average molecular weight is 807 g/mol. The quantitative estimate of drug-likeness (QED) is 0.167. The Labute approximate surface area is 361 Å². The van der Waals surface area contributed by atoms with Gasteiger partial charge in [0.05, 0.1) is 16.7 Å². The van der Waals surface area contributed by atoms with Gasteiger partial charge in [-0.1, -0.05) is 158 Å². The Bertz CT molecular complexity index is 3850. The molecule has 294 valence electrons. The molecule has 0 N–H and O–H groups in total. The molecule has 0 aliphatic carbocycles. The highest BCUT2D eigenvalue weighted by atomic mass is 16.3. The second-order valence-corrected chi connectivity index (χ2v) is 15.9. The smallest absolute Gasteiger partial charge is 0.164 e. The van der Waals surface area contributed by atoms with Gasteiger partial charge in [-0.15, -0.1) is 0 Å². The molecule has 6 heteroatoms. The van der Waals surface area contributed by atoms with Crippen LogP contribution in [0, 0.1) is 0 Å². The lowest BCUT2D eigenvalue weighted by molar-refractivity contribution is 0.666. The summed E-state index contributed by atoms with van der Waals surface area (Å²) in [4.78, 5) is 15.3. The highest BCUT2D eigenvalue weighted by Crippen LogP contribution is 2.41. The van der Waals surface area contributed by atoms with Gasteiger partial charge in [-0.3, -0.25) is 0 Å². The molecule has 6 nitrogen and oxygen atoms in total. The fraction of sp³-hybridized carbons (Fsp3) is 0. The van der Waals surface area contributed by atoms with Crippen LogP contribution in [-0.4, -0.2) is 19.5 Å². The first-order valence-electron chi connectivity index (χ1n) is 21.1. The number of hydrogen-bond acceptors (Lipinski definition) is 5. The van der Waals surface area contributed by atoms with Gasteiger partial charge < -0.3 is 13.4 Å². The molecular weight excluding hydrogens is 773 g/mol. The summed E-state index contributed by atoms with van der Waals surface area (Å²) in [6.45, 7) is 0. The van der Waals surface area contributed by atoms with Crippen LogP contribution < -0.4 is 0 Å². The van der Waals surface area contributed by atoms with Crippen LogP contribution >= 0.6 is 0 Å². The van der Waals surface area contributed by atoms with Crippen molar-refractivity contribution in [2.45, 2.75) is 0 Å². The van der Waals surface area contributed by atoms with Crippen molar-refractivity contribution in [3.63, 3.8) is 0 Å². The fourth-order valence-electron chi connectivity index (χ4n) is 9.31. The minimum absolute atomic E-state index is 0.551. The van der Waals surface area contributed by atoms with Gasteiger partial charge in [0.15, 0.2) is 23.1 Å². The van der Waals surface area contributed by atoms with E-state index in [0.717, 1.165) is 88.4 Å². The number of hydrogen-bond donors (Lipinski definition) is 0. The van der Waals surface area contributed by atoms with Crippen LogP contribution in [0.2, 0.25) is 0 Å². The zero-order chi connectivity index (χ0) is 41.4. The number of aromatic nitrogens is 4. The van der Waals surface area contributed by atoms with Gasteiger partial charge in [0, 0.05) is 49.0 Å². The standard InChI is InChI=1S/C57H34N4O2/c1-3-13-35(14-4-1)36-25-27-37(28-26-36)41-19-12-24-50-53(41)46-32-30-40(34-52(46)62-50)57-59-55(38-15-5-2-6-16-38)58-56(60-57)39-29-31-44-45-20-11-23-49(54(45)63-51(44)33-39)61-47-21-9-7-17-42(47)43-18-8-10-22-48(43)61/h1-34H. The van der Waals surface area contributed by atoms with Crippen LogP contribution in [0.15, 0.2) is 215 Å². The van der Waals surface area contributed by atoms with Gasteiger partial charge in [-0.05, 0) is 70.8 Å². The number of rotatable bonds is 6. The van der Waals surface area contributed by atoms with E-state index in [1.807, 2.05) is 48.5 Å². The Hall–Kier alpha value is -8.61. The van der Waals surface area contributed by atoms with Crippen molar-refractivity contribution in [1.82, 2.24) is 19.5 Å². The number of furan rings is 2. The molecule has 9 aromatic carbocycles. The van der Waals surface area contributed by atoms with Crippen LogP contribution in [-0.2, 0) is 0 Å². The molecule has 0 saturated carbocycles. The van der Waals surface area contributed by atoms with Crippen molar-refractivity contribution in [1.29, 1.82) is 0 Å². The van der Waals surface area contributed by atoms with Crippen LogP contribution in [0.25, 0.3) is 128 Å². The summed E-state index contributed by atoms with van der Waals surface area (Å²) >= 11 is 0. The third kappa shape index (κ3) is 5.69. The first-order chi connectivity index (χ1) is 31.2. The second kappa shape index (κ2) is 14.0. The maximum Gasteiger partial charge on any atom is 0.164 e. The third-order valence-corrected chi connectivity index (χ3v) is 12.3. The number of nitrogens with zero attached hydrogens (tertiary/aromatic N) is 4. The monoisotopic (exact) mass is 806 g/mol.